The number of aliphatic hydroxyl groups is 1. The molecule has 0 amide bonds. The van der Waals surface area contributed by atoms with E-state index in [0.29, 0.717) is 0 Å². The average Bonchev–Trinajstić information content (AvgIpc) is 2.53. The van der Waals surface area contributed by atoms with E-state index in [4.69, 9.17) is 9.47 Å². The highest BCUT2D eigenvalue weighted by Gasteiger charge is 2.56. The van der Waals surface area contributed by atoms with Gasteiger partial charge in [-0.25, -0.2) is 0 Å². The summed E-state index contributed by atoms with van der Waals surface area (Å²) in [6.07, 6.45) is 2.10. The van der Waals surface area contributed by atoms with Gasteiger partial charge in [0.2, 0.25) is 0 Å². The minimum atomic E-state index is -0.288. The van der Waals surface area contributed by atoms with Crippen LogP contribution in [0.25, 0.3) is 0 Å². The first-order valence-electron chi connectivity index (χ1n) is 8.31. The molecule has 0 spiro atoms. The number of para-hydroxylation sites is 1. The number of hydrogen-bond acceptors (Lipinski definition) is 4. The van der Waals surface area contributed by atoms with Gasteiger partial charge >= 0.3 is 0 Å². The van der Waals surface area contributed by atoms with Gasteiger partial charge in [0, 0.05) is 23.4 Å². The summed E-state index contributed by atoms with van der Waals surface area (Å²) in [6.45, 7) is 6.25. The fraction of sp³-hybridized carbons (Fsp3) is 0.667. The summed E-state index contributed by atoms with van der Waals surface area (Å²) in [5.41, 5.74) is 0.701. The van der Waals surface area contributed by atoms with Gasteiger partial charge in [0.05, 0.1) is 18.8 Å². The van der Waals surface area contributed by atoms with Crippen molar-refractivity contribution in [3.05, 3.63) is 29.8 Å². The Morgan fingerprint density at radius 2 is 2.14 bits per heavy atom. The van der Waals surface area contributed by atoms with Gasteiger partial charge in [-0.15, -0.1) is 0 Å². The summed E-state index contributed by atoms with van der Waals surface area (Å²) in [4.78, 5) is 0. The van der Waals surface area contributed by atoms with Crippen LogP contribution < -0.4 is 10.1 Å². The highest BCUT2D eigenvalue weighted by molar-refractivity contribution is 5.39. The number of rotatable bonds is 1. The molecule has 3 heterocycles. The fourth-order valence-electron chi connectivity index (χ4n) is 4.51. The normalized spacial score (nSPS) is 39.1. The molecule has 0 radical (unpaired) electrons. The van der Waals surface area contributed by atoms with Gasteiger partial charge in [0.25, 0.3) is 0 Å². The number of aliphatic hydroxyl groups excluding tert-OH is 1. The lowest BCUT2D eigenvalue weighted by Gasteiger charge is -2.56. The molecule has 2 fully saturated rings. The van der Waals surface area contributed by atoms with Gasteiger partial charge in [-0.05, 0) is 39.3 Å². The van der Waals surface area contributed by atoms with E-state index in [1.165, 1.54) is 0 Å². The van der Waals surface area contributed by atoms with E-state index in [0.717, 1.165) is 37.2 Å². The first-order chi connectivity index (χ1) is 10.6. The number of piperidine rings is 1. The minimum absolute atomic E-state index is 0.0720. The Balaban J connectivity index is 1.76. The molecular weight excluding hydrogens is 278 g/mol. The predicted molar refractivity (Wildman–Crippen MR) is 83.9 cm³/mol. The summed E-state index contributed by atoms with van der Waals surface area (Å²) in [5.74, 6) is 1.20. The minimum Gasteiger partial charge on any atom is -0.487 e. The second kappa shape index (κ2) is 4.95. The molecule has 4 nitrogen and oxygen atoms in total. The zero-order valence-electron chi connectivity index (χ0n) is 13.3. The summed E-state index contributed by atoms with van der Waals surface area (Å²) >= 11 is 0. The molecule has 3 aliphatic heterocycles. The van der Waals surface area contributed by atoms with Crippen LogP contribution >= 0.6 is 0 Å². The molecular formula is C18H25NO3. The van der Waals surface area contributed by atoms with Gasteiger partial charge in [0.15, 0.2) is 0 Å². The lowest BCUT2D eigenvalue weighted by atomic mass is 9.63. The fourth-order valence-corrected chi connectivity index (χ4v) is 4.51. The molecule has 1 aromatic rings. The zero-order chi connectivity index (χ0) is 15.4. The molecule has 0 unspecified atom stereocenters. The third kappa shape index (κ3) is 2.01. The maximum atomic E-state index is 10.1. The third-order valence-corrected chi connectivity index (χ3v) is 5.85. The molecule has 1 aromatic carbocycles. The molecule has 2 saturated heterocycles. The summed E-state index contributed by atoms with van der Waals surface area (Å²) in [5, 5.41) is 13.5. The molecule has 2 N–H and O–H groups in total. The van der Waals surface area contributed by atoms with Crippen molar-refractivity contribution in [2.75, 3.05) is 19.7 Å². The third-order valence-electron chi connectivity index (χ3n) is 5.85. The molecule has 3 aliphatic rings. The Kier molecular flexibility index (Phi) is 3.26. The molecule has 0 aromatic heterocycles. The Morgan fingerprint density at radius 1 is 1.32 bits per heavy atom. The maximum absolute atomic E-state index is 10.1. The van der Waals surface area contributed by atoms with Crippen molar-refractivity contribution in [2.45, 2.75) is 44.5 Å². The number of hydrogen-bond donors (Lipinski definition) is 2. The topological polar surface area (TPSA) is 50.7 Å². The number of fused-ring (bicyclic) bond motifs is 4. The van der Waals surface area contributed by atoms with Crippen molar-refractivity contribution in [1.29, 1.82) is 0 Å². The van der Waals surface area contributed by atoms with Crippen LogP contribution in [-0.4, -0.2) is 36.5 Å². The van der Waals surface area contributed by atoms with E-state index < -0.39 is 0 Å². The van der Waals surface area contributed by atoms with Crippen molar-refractivity contribution in [3.63, 3.8) is 0 Å². The second-order valence-electron chi connectivity index (χ2n) is 7.59. The van der Waals surface area contributed by atoms with Gasteiger partial charge in [0.1, 0.15) is 11.4 Å². The SMILES string of the molecule is CC1(C)Oc2ccccc2[C@@H]2O[C@@H]3CCNC[C@]3(CO)C[C@H]21. The van der Waals surface area contributed by atoms with E-state index >= 15 is 0 Å². The Morgan fingerprint density at radius 3 is 2.95 bits per heavy atom. The zero-order valence-corrected chi connectivity index (χ0v) is 13.3. The Labute approximate surface area is 131 Å². The van der Waals surface area contributed by atoms with Crippen molar-refractivity contribution in [1.82, 2.24) is 5.32 Å². The lowest BCUT2D eigenvalue weighted by Crippen LogP contribution is -2.61. The first-order valence-corrected chi connectivity index (χ1v) is 8.31. The molecule has 4 rings (SSSR count). The maximum Gasteiger partial charge on any atom is 0.125 e. The smallest absolute Gasteiger partial charge is 0.125 e. The van der Waals surface area contributed by atoms with Crippen molar-refractivity contribution >= 4 is 0 Å². The molecule has 4 heteroatoms. The summed E-state index contributed by atoms with van der Waals surface area (Å²) in [7, 11) is 0. The van der Waals surface area contributed by atoms with E-state index in [2.05, 4.69) is 31.3 Å². The van der Waals surface area contributed by atoms with Crippen LogP contribution in [0.15, 0.2) is 24.3 Å². The van der Waals surface area contributed by atoms with E-state index in [9.17, 15) is 5.11 Å². The van der Waals surface area contributed by atoms with E-state index in [-0.39, 0.29) is 35.7 Å². The summed E-state index contributed by atoms with van der Waals surface area (Å²) < 4.78 is 12.8. The molecule has 0 aliphatic carbocycles. The number of nitrogens with one attached hydrogen (secondary N) is 1. The molecule has 22 heavy (non-hydrogen) atoms. The van der Waals surface area contributed by atoms with Crippen LogP contribution in [0.2, 0.25) is 0 Å². The molecule has 120 valence electrons. The average molecular weight is 303 g/mol. The first kappa shape index (κ1) is 14.5. The van der Waals surface area contributed by atoms with Gasteiger partial charge in [-0.1, -0.05) is 18.2 Å². The standard InChI is InChI=1S/C18H25NO3/c1-17(2)13-9-18(11-20)10-19-8-7-15(18)21-16(13)12-5-3-4-6-14(12)22-17/h3-6,13,15-16,19-20H,7-11H2,1-2H3/t13-,15-,16+,18+/m1/s1. The second-order valence-corrected chi connectivity index (χ2v) is 7.59. The monoisotopic (exact) mass is 303 g/mol. The Bertz CT molecular complexity index is 573. The summed E-state index contributed by atoms with van der Waals surface area (Å²) in [6, 6.07) is 8.22. The van der Waals surface area contributed by atoms with Crippen molar-refractivity contribution in [3.8, 4) is 5.75 Å². The molecule has 0 saturated carbocycles. The largest absolute Gasteiger partial charge is 0.487 e. The van der Waals surface area contributed by atoms with Crippen molar-refractivity contribution < 1.29 is 14.6 Å². The number of ether oxygens (including phenoxy) is 2. The molecule has 0 bridgehead atoms. The van der Waals surface area contributed by atoms with Crippen LogP contribution in [0.5, 0.6) is 5.75 Å². The quantitative estimate of drug-likeness (QED) is 0.836. The Hall–Kier alpha value is -1.10. The van der Waals surface area contributed by atoms with Crippen LogP contribution in [0.1, 0.15) is 38.4 Å². The highest BCUT2D eigenvalue weighted by atomic mass is 16.5. The van der Waals surface area contributed by atoms with Crippen LogP contribution in [0, 0.1) is 11.3 Å². The van der Waals surface area contributed by atoms with Crippen LogP contribution in [0.4, 0.5) is 0 Å². The van der Waals surface area contributed by atoms with Gasteiger partial charge in [-0.2, -0.15) is 0 Å². The van der Waals surface area contributed by atoms with E-state index in [1.54, 1.807) is 0 Å². The van der Waals surface area contributed by atoms with Crippen LogP contribution in [-0.2, 0) is 4.74 Å². The van der Waals surface area contributed by atoms with Gasteiger partial charge in [-0.3, -0.25) is 0 Å². The molecule has 4 atom stereocenters. The van der Waals surface area contributed by atoms with Crippen molar-refractivity contribution in [2.24, 2.45) is 11.3 Å². The van der Waals surface area contributed by atoms with E-state index in [1.807, 2.05) is 12.1 Å². The lowest BCUT2D eigenvalue weighted by molar-refractivity contribution is -0.220. The number of benzene rings is 1. The van der Waals surface area contributed by atoms with Crippen LogP contribution in [0.3, 0.4) is 0 Å². The predicted octanol–water partition coefficient (Wildman–Crippen LogP) is 2.28. The van der Waals surface area contributed by atoms with Gasteiger partial charge < -0.3 is 19.9 Å². The highest BCUT2D eigenvalue weighted by Crippen LogP contribution is 2.55.